The Morgan fingerprint density at radius 2 is 1.66 bits per heavy atom. The maximum absolute atomic E-state index is 13.5. The molecule has 0 aliphatic rings. The highest BCUT2D eigenvalue weighted by molar-refractivity contribution is 5.94. The average Bonchev–Trinajstić information content (AvgIpc) is 3.39. The van der Waals surface area contributed by atoms with Crippen LogP contribution in [0.3, 0.4) is 0 Å². The van der Waals surface area contributed by atoms with Crippen molar-refractivity contribution in [2.45, 2.75) is 13.1 Å². The normalized spacial score (nSPS) is 11.1. The van der Waals surface area contributed by atoms with Crippen LogP contribution >= 0.6 is 0 Å². The number of benzene rings is 3. The number of rotatable bonds is 7. The number of hydrogen-bond acceptors (Lipinski definition) is 6. The third-order valence-electron chi connectivity index (χ3n) is 6.80. The molecule has 0 atom stereocenters. The number of halogens is 1. The summed E-state index contributed by atoms with van der Waals surface area (Å²) in [6.07, 6.45) is 1.64. The number of amides is 1. The monoisotopic (exact) mass is 543 g/mol. The lowest BCUT2D eigenvalue weighted by molar-refractivity contribution is 0.0950. The standard InChI is InChI=1S/C32H26FN7O/c33-24-4-1-3-23(17-24)32(41)37-19-21-8-12-25(13-9-21)40-30(26-5-2-16-36-29(26)35)39-28-15-14-27(38-31(28)40)22-10-6-20(18-34)7-11-22/h1-17H,18-19,34H2,(H2,35,36)(H,37,41). The van der Waals surface area contributed by atoms with Gasteiger partial charge in [0.15, 0.2) is 11.5 Å². The van der Waals surface area contributed by atoms with E-state index in [9.17, 15) is 9.18 Å². The summed E-state index contributed by atoms with van der Waals surface area (Å²) < 4.78 is 15.5. The van der Waals surface area contributed by atoms with Gasteiger partial charge in [-0.25, -0.2) is 19.3 Å². The van der Waals surface area contributed by atoms with Gasteiger partial charge in [0.1, 0.15) is 17.2 Å². The predicted octanol–water partition coefficient (Wildman–Crippen LogP) is 5.26. The molecule has 8 nitrogen and oxygen atoms in total. The summed E-state index contributed by atoms with van der Waals surface area (Å²) in [5.41, 5.74) is 18.8. The van der Waals surface area contributed by atoms with Crippen molar-refractivity contribution in [3.8, 4) is 28.3 Å². The zero-order chi connectivity index (χ0) is 28.3. The van der Waals surface area contributed by atoms with Crippen LogP contribution in [0.15, 0.2) is 103 Å². The minimum absolute atomic E-state index is 0.268. The number of anilines is 1. The maximum atomic E-state index is 13.5. The lowest BCUT2D eigenvalue weighted by Gasteiger charge is -2.12. The Morgan fingerprint density at radius 1 is 0.878 bits per heavy atom. The summed E-state index contributed by atoms with van der Waals surface area (Å²) in [6.45, 7) is 0.754. The van der Waals surface area contributed by atoms with Crippen LogP contribution in [0.2, 0.25) is 0 Å². The highest BCUT2D eigenvalue weighted by Gasteiger charge is 2.19. The largest absolute Gasteiger partial charge is 0.383 e. The minimum atomic E-state index is -0.455. The first kappa shape index (κ1) is 25.8. The van der Waals surface area contributed by atoms with Crippen molar-refractivity contribution >= 4 is 22.9 Å². The van der Waals surface area contributed by atoms with Crippen molar-refractivity contribution in [3.63, 3.8) is 0 Å². The van der Waals surface area contributed by atoms with Crippen LogP contribution in [-0.4, -0.2) is 25.4 Å². The minimum Gasteiger partial charge on any atom is -0.383 e. The number of carbonyl (C=O) groups is 1. The van der Waals surface area contributed by atoms with E-state index in [4.69, 9.17) is 21.4 Å². The van der Waals surface area contributed by atoms with E-state index in [0.29, 0.717) is 34.9 Å². The SMILES string of the molecule is NCc1ccc(-c2ccc3nc(-c4cccnc4N)n(-c4ccc(CNC(=O)c5cccc(F)c5)cc4)c3n2)cc1. The molecule has 3 heterocycles. The van der Waals surface area contributed by atoms with Gasteiger partial charge in [0.2, 0.25) is 0 Å². The number of pyridine rings is 2. The summed E-state index contributed by atoms with van der Waals surface area (Å²) in [4.78, 5) is 26.6. The molecule has 0 aliphatic heterocycles. The Bertz CT molecular complexity index is 1860. The van der Waals surface area contributed by atoms with Gasteiger partial charge in [-0.15, -0.1) is 0 Å². The van der Waals surface area contributed by atoms with Crippen molar-refractivity contribution < 1.29 is 9.18 Å². The number of imidazole rings is 1. The fourth-order valence-electron chi connectivity index (χ4n) is 4.64. The average molecular weight is 544 g/mol. The third-order valence-corrected chi connectivity index (χ3v) is 6.80. The molecule has 9 heteroatoms. The fraction of sp³-hybridized carbons (Fsp3) is 0.0625. The molecule has 3 aromatic heterocycles. The summed E-state index contributed by atoms with van der Waals surface area (Å²) in [5, 5.41) is 2.84. The van der Waals surface area contributed by atoms with E-state index in [1.54, 1.807) is 12.3 Å². The number of hydrogen-bond donors (Lipinski definition) is 3. The van der Waals surface area contributed by atoms with Gasteiger partial charge >= 0.3 is 0 Å². The summed E-state index contributed by atoms with van der Waals surface area (Å²) >= 11 is 0. The van der Waals surface area contributed by atoms with Gasteiger partial charge in [-0.2, -0.15) is 0 Å². The first-order valence-electron chi connectivity index (χ1n) is 13.0. The van der Waals surface area contributed by atoms with Gasteiger partial charge < -0.3 is 16.8 Å². The predicted molar refractivity (Wildman–Crippen MR) is 157 cm³/mol. The number of fused-ring (bicyclic) bond motifs is 1. The van der Waals surface area contributed by atoms with Gasteiger partial charge in [-0.1, -0.05) is 42.5 Å². The smallest absolute Gasteiger partial charge is 0.251 e. The molecule has 0 bridgehead atoms. The quantitative estimate of drug-likeness (QED) is 0.252. The van der Waals surface area contributed by atoms with Crippen molar-refractivity contribution in [2.75, 3.05) is 5.73 Å². The first-order valence-corrected chi connectivity index (χ1v) is 13.0. The zero-order valence-electron chi connectivity index (χ0n) is 22.0. The molecule has 202 valence electrons. The van der Waals surface area contributed by atoms with Crippen LogP contribution in [-0.2, 0) is 13.1 Å². The van der Waals surface area contributed by atoms with Crippen LogP contribution in [0, 0.1) is 5.82 Å². The first-order chi connectivity index (χ1) is 20.0. The van der Waals surface area contributed by atoms with Crippen molar-refractivity contribution in [2.24, 2.45) is 5.73 Å². The summed E-state index contributed by atoms with van der Waals surface area (Å²) in [5.74, 6) is 0.169. The highest BCUT2D eigenvalue weighted by Crippen LogP contribution is 2.31. The van der Waals surface area contributed by atoms with E-state index < -0.39 is 5.82 Å². The van der Waals surface area contributed by atoms with Gasteiger partial charge in [0.25, 0.3) is 5.91 Å². The molecule has 0 radical (unpaired) electrons. The number of nitrogen functional groups attached to an aromatic ring is 1. The summed E-state index contributed by atoms with van der Waals surface area (Å²) in [6, 6.07) is 28.9. The number of nitrogens with one attached hydrogen (secondary N) is 1. The molecule has 0 fully saturated rings. The summed E-state index contributed by atoms with van der Waals surface area (Å²) in [7, 11) is 0. The van der Waals surface area contributed by atoms with E-state index >= 15 is 0 Å². The molecule has 0 spiro atoms. The number of aromatic nitrogens is 4. The van der Waals surface area contributed by atoms with Crippen LogP contribution in [0.4, 0.5) is 10.2 Å². The molecule has 0 saturated heterocycles. The Morgan fingerprint density at radius 3 is 2.39 bits per heavy atom. The molecule has 41 heavy (non-hydrogen) atoms. The second-order valence-electron chi connectivity index (χ2n) is 9.51. The second kappa shape index (κ2) is 11.0. The Balaban J connectivity index is 1.37. The van der Waals surface area contributed by atoms with Crippen molar-refractivity contribution in [3.05, 3.63) is 126 Å². The van der Waals surface area contributed by atoms with E-state index in [0.717, 1.165) is 28.1 Å². The lowest BCUT2D eigenvalue weighted by Crippen LogP contribution is -2.22. The molecular formula is C32H26FN7O. The highest BCUT2D eigenvalue weighted by atomic mass is 19.1. The molecular weight excluding hydrogens is 517 g/mol. The van der Waals surface area contributed by atoms with Gasteiger partial charge in [-0.3, -0.25) is 9.36 Å². The molecule has 0 unspecified atom stereocenters. The molecule has 6 rings (SSSR count). The molecule has 0 saturated carbocycles. The maximum Gasteiger partial charge on any atom is 0.251 e. The molecule has 3 aromatic carbocycles. The van der Waals surface area contributed by atoms with E-state index in [-0.39, 0.29) is 18.0 Å². The van der Waals surface area contributed by atoms with Crippen molar-refractivity contribution in [1.29, 1.82) is 0 Å². The Kier molecular flexibility index (Phi) is 6.93. The lowest BCUT2D eigenvalue weighted by atomic mass is 10.1. The topological polar surface area (TPSA) is 125 Å². The Hall–Kier alpha value is -5.41. The molecule has 0 aliphatic carbocycles. The van der Waals surface area contributed by atoms with Crippen LogP contribution in [0.25, 0.3) is 39.5 Å². The molecule has 5 N–H and O–H groups in total. The van der Waals surface area contributed by atoms with Gasteiger partial charge in [0.05, 0.1) is 11.3 Å². The number of carbonyl (C=O) groups excluding carboxylic acids is 1. The number of nitrogens with two attached hydrogens (primary N) is 2. The fourth-order valence-corrected chi connectivity index (χ4v) is 4.64. The Labute approximate surface area is 235 Å². The second-order valence-corrected chi connectivity index (χ2v) is 9.51. The van der Waals surface area contributed by atoms with Crippen LogP contribution in [0.1, 0.15) is 21.5 Å². The zero-order valence-corrected chi connectivity index (χ0v) is 22.0. The van der Waals surface area contributed by atoms with E-state index in [1.807, 2.05) is 77.4 Å². The molecule has 6 aromatic rings. The van der Waals surface area contributed by atoms with Crippen LogP contribution in [0.5, 0.6) is 0 Å². The van der Waals surface area contributed by atoms with E-state index in [1.165, 1.54) is 18.2 Å². The van der Waals surface area contributed by atoms with Crippen LogP contribution < -0.4 is 16.8 Å². The molecule has 1 amide bonds. The third kappa shape index (κ3) is 5.26. The number of nitrogens with zero attached hydrogens (tertiary/aromatic N) is 4. The van der Waals surface area contributed by atoms with Gasteiger partial charge in [0, 0.05) is 36.1 Å². The van der Waals surface area contributed by atoms with Gasteiger partial charge in [-0.05, 0) is 65.7 Å². The van der Waals surface area contributed by atoms with E-state index in [2.05, 4.69) is 10.3 Å². The van der Waals surface area contributed by atoms with Crippen molar-refractivity contribution in [1.82, 2.24) is 24.8 Å².